The summed E-state index contributed by atoms with van der Waals surface area (Å²) in [6.45, 7) is 1.87. The largest absolute Gasteiger partial charge is 0.311 e. The molecule has 2 aromatic rings. The molecule has 19 heavy (non-hydrogen) atoms. The van der Waals surface area contributed by atoms with Crippen LogP contribution in [0, 0.1) is 12.7 Å². The van der Waals surface area contributed by atoms with Crippen molar-refractivity contribution in [3.63, 3.8) is 0 Å². The van der Waals surface area contributed by atoms with E-state index in [-0.39, 0.29) is 11.9 Å². The second-order valence-electron chi connectivity index (χ2n) is 4.42. The van der Waals surface area contributed by atoms with Gasteiger partial charge in [-0.1, -0.05) is 11.6 Å². The zero-order chi connectivity index (χ0) is 14.0. The Labute approximate surface area is 116 Å². The number of aryl methyl sites for hydroxylation is 2. The summed E-state index contributed by atoms with van der Waals surface area (Å²) >= 11 is 6.24. The molecule has 1 atom stereocenters. The van der Waals surface area contributed by atoms with Crippen LogP contribution in [0.1, 0.15) is 23.1 Å². The smallest absolute Gasteiger partial charge is 0.141 e. The van der Waals surface area contributed by atoms with Crippen LogP contribution in [0.2, 0.25) is 5.02 Å². The topological polar surface area (TPSA) is 42.7 Å². The highest BCUT2D eigenvalue weighted by Gasteiger charge is 2.18. The molecule has 2 rings (SSSR count). The van der Waals surface area contributed by atoms with Crippen LogP contribution in [0.4, 0.5) is 4.39 Å². The summed E-state index contributed by atoms with van der Waals surface area (Å²) < 4.78 is 14.7. The first-order valence-corrected chi connectivity index (χ1v) is 6.37. The van der Waals surface area contributed by atoms with Crippen LogP contribution in [0.3, 0.4) is 0 Å². The van der Waals surface area contributed by atoms with Crippen LogP contribution in [-0.4, -0.2) is 21.8 Å². The van der Waals surface area contributed by atoms with Gasteiger partial charge >= 0.3 is 0 Å². The summed E-state index contributed by atoms with van der Waals surface area (Å²) in [6.07, 6.45) is 1.86. The van der Waals surface area contributed by atoms with Crippen molar-refractivity contribution in [3.8, 4) is 0 Å². The minimum Gasteiger partial charge on any atom is -0.311 e. The molecule has 0 saturated carbocycles. The Kier molecular flexibility index (Phi) is 4.17. The minimum absolute atomic E-state index is 0.0344. The Morgan fingerprint density at radius 2 is 2.21 bits per heavy atom. The van der Waals surface area contributed by atoms with Crippen LogP contribution in [-0.2, 0) is 13.5 Å². The molecule has 0 radical (unpaired) electrons. The van der Waals surface area contributed by atoms with Crippen molar-refractivity contribution in [2.45, 2.75) is 19.4 Å². The average Bonchev–Trinajstić information content (AvgIpc) is 2.63. The first kappa shape index (κ1) is 14.0. The van der Waals surface area contributed by atoms with Crippen molar-refractivity contribution in [3.05, 3.63) is 46.3 Å². The van der Waals surface area contributed by atoms with Crippen molar-refractivity contribution in [2.24, 2.45) is 7.05 Å². The van der Waals surface area contributed by atoms with E-state index in [4.69, 9.17) is 11.6 Å². The summed E-state index contributed by atoms with van der Waals surface area (Å²) in [4.78, 5) is 4.10. The summed E-state index contributed by atoms with van der Waals surface area (Å²) in [5, 5.41) is 8.12. The van der Waals surface area contributed by atoms with E-state index in [1.54, 1.807) is 10.7 Å². The summed E-state index contributed by atoms with van der Waals surface area (Å²) in [7, 11) is 3.70. The molecule has 0 aliphatic carbocycles. The highest BCUT2D eigenvalue weighted by molar-refractivity contribution is 6.31. The number of rotatable bonds is 4. The van der Waals surface area contributed by atoms with Crippen LogP contribution < -0.4 is 5.32 Å². The quantitative estimate of drug-likeness (QED) is 0.936. The average molecular weight is 283 g/mol. The Morgan fingerprint density at radius 3 is 2.68 bits per heavy atom. The molecule has 0 aliphatic heterocycles. The standard InChI is InChI=1S/C13H16ClFN4/c1-8-13(14)12(19(3)18-8)6-11(16-2)10-5-4-9(15)7-17-10/h4-5,7,11,16H,6H2,1-3H3. The maximum atomic E-state index is 12.9. The fraction of sp³-hybridized carbons (Fsp3) is 0.385. The summed E-state index contributed by atoms with van der Waals surface area (Å²) in [5.74, 6) is -0.340. The number of aromatic nitrogens is 3. The Morgan fingerprint density at radius 1 is 1.47 bits per heavy atom. The molecule has 0 saturated heterocycles. The zero-order valence-corrected chi connectivity index (χ0v) is 11.9. The van der Waals surface area contributed by atoms with Gasteiger partial charge in [-0.15, -0.1) is 0 Å². The van der Waals surface area contributed by atoms with Gasteiger partial charge in [-0.3, -0.25) is 9.67 Å². The fourth-order valence-corrected chi connectivity index (χ4v) is 2.28. The Balaban J connectivity index is 2.26. The molecule has 0 amide bonds. The molecule has 2 aromatic heterocycles. The monoisotopic (exact) mass is 282 g/mol. The van der Waals surface area contributed by atoms with Crippen molar-refractivity contribution in [1.29, 1.82) is 0 Å². The normalized spacial score (nSPS) is 12.7. The summed E-state index contributed by atoms with van der Waals surface area (Å²) in [5.41, 5.74) is 2.52. The van der Waals surface area contributed by atoms with Gasteiger partial charge in [0.15, 0.2) is 0 Å². The maximum absolute atomic E-state index is 12.9. The van der Waals surface area contributed by atoms with Crippen LogP contribution in [0.15, 0.2) is 18.3 Å². The molecule has 0 fully saturated rings. The van der Waals surface area contributed by atoms with Gasteiger partial charge in [0.05, 0.1) is 34.3 Å². The van der Waals surface area contributed by atoms with Crippen molar-refractivity contribution in [2.75, 3.05) is 7.05 Å². The molecule has 4 nitrogen and oxygen atoms in total. The molecule has 0 bridgehead atoms. The third kappa shape index (κ3) is 2.93. The number of hydrogen-bond acceptors (Lipinski definition) is 3. The predicted molar refractivity (Wildman–Crippen MR) is 72.7 cm³/mol. The van der Waals surface area contributed by atoms with E-state index in [0.29, 0.717) is 11.4 Å². The predicted octanol–water partition coefficient (Wildman–Crippen LogP) is 2.42. The van der Waals surface area contributed by atoms with E-state index in [2.05, 4.69) is 15.4 Å². The number of halogens is 2. The van der Waals surface area contributed by atoms with Crippen molar-refractivity contribution < 1.29 is 4.39 Å². The van der Waals surface area contributed by atoms with E-state index < -0.39 is 0 Å². The van der Waals surface area contributed by atoms with E-state index in [0.717, 1.165) is 17.1 Å². The third-order valence-electron chi connectivity index (χ3n) is 3.11. The van der Waals surface area contributed by atoms with Gasteiger partial charge in [-0.05, 0) is 26.1 Å². The molecular formula is C13H16ClFN4. The van der Waals surface area contributed by atoms with Crippen LogP contribution >= 0.6 is 11.6 Å². The minimum atomic E-state index is -0.340. The number of nitrogens with one attached hydrogen (secondary N) is 1. The summed E-state index contributed by atoms with van der Waals surface area (Å²) in [6, 6.07) is 3.05. The van der Waals surface area contributed by atoms with E-state index in [1.165, 1.54) is 12.3 Å². The number of likely N-dealkylation sites (N-methyl/N-ethyl adjacent to an activating group) is 1. The van der Waals surface area contributed by atoms with Gasteiger partial charge in [-0.25, -0.2) is 4.39 Å². The Hall–Kier alpha value is -1.46. The van der Waals surface area contributed by atoms with Gasteiger partial charge in [0.1, 0.15) is 5.82 Å². The number of hydrogen-bond donors (Lipinski definition) is 1. The second kappa shape index (κ2) is 5.67. The lowest BCUT2D eigenvalue weighted by Gasteiger charge is -2.16. The number of nitrogens with zero attached hydrogens (tertiary/aromatic N) is 3. The molecule has 1 N–H and O–H groups in total. The van der Waals surface area contributed by atoms with E-state index in [9.17, 15) is 4.39 Å². The van der Waals surface area contributed by atoms with E-state index in [1.807, 2.05) is 21.0 Å². The molecule has 1 unspecified atom stereocenters. The highest BCUT2D eigenvalue weighted by Crippen LogP contribution is 2.24. The zero-order valence-electron chi connectivity index (χ0n) is 11.1. The molecular weight excluding hydrogens is 267 g/mol. The third-order valence-corrected chi connectivity index (χ3v) is 3.61. The van der Waals surface area contributed by atoms with Crippen molar-refractivity contribution in [1.82, 2.24) is 20.1 Å². The first-order chi connectivity index (χ1) is 9.02. The van der Waals surface area contributed by atoms with Crippen LogP contribution in [0.25, 0.3) is 0 Å². The molecule has 2 heterocycles. The first-order valence-electron chi connectivity index (χ1n) is 5.99. The molecule has 6 heteroatoms. The van der Waals surface area contributed by atoms with Crippen LogP contribution in [0.5, 0.6) is 0 Å². The van der Waals surface area contributed by atoms with Gasteiger partial charge in [0.2, 0.25) is 0 Å². The second-order valence-corrected chi connectivity index (χ2v) is 4.79. The molecule has 102 valence electrons. The molecule has 0 aliphatic rings. The molecule has 0 spiro atoms. The maximum Gasteiger partial charge on any atom is 0.141 e. The Bertz CT molecular complexity index is 565. The van der Waals surface area contributed by atoms with Gasteiger partial charge in [-0.2, -0.15) is 5.10 Å². The molecule has 0 aromatic carbocycles. The lowest BCUT2D eigenvalue weighted by atomic mass is 10.1. The van der Waals surface area contributed by atoms with E-state index >= 15 is 0 Å². The SMILES string of the molecule is CNC(Cc1c(Cl)c(C)nn1C)c1ccc(F)cn1. The number of pyridine rings is 1. The van der Waals surface area contributed by atoms with Gasteiger partial charge in [0.25, 0.3) is 0 Å². The van der Waals surface area contributed by atoms with Gasteiger partial charge in [0, 0.05) is 13.5 Å². The highest BCUT2D eigenvalue weighted by atomic mass is 35.5. The van der Waals surface area contributed by atoms with Crippen molar-refractivity contribution >= 4 is 11.6 Å². The van der Waals surface area contributed by atoms with Gasteiger partial charge < -0.3 is 5.32 Å². The lowest BCUT2D eigenvalue weighted by molar-refractivity contribution is 0.543. The lowest BCUT2D eigenvalue weighted by Crippen LogP contribution is -2.21. The fourth-order valence-electron chi connectivity index (χ4n) is 2.04.